The number of hydrogen-bond acceptors (Lipinski definition) is 5. The largest absolute Gasteiger partial charge is 0.302 e. The van der Waals surface area contributed by atoms with Gasteiger partial charge in [-0.2, -0.15) is 5.10 Å². The zero-order chi connectivity index (χ0) is 21.4. The molecular formula is C21H16F2N4O2S. The van der Waals surface area contributed by atoms with Gasteiger partial charge in [-0.25, -0.2) is 18.4 Å². The van der Waals surface area contributed by atoms with Crippen LogP contribution in [0.3, 0.4) is 0 Å². The van der Waals surface area contributed by atoms with Crippen LogP contribution < -0.4 is 10.9 Å². The van der Waals surface area contributed by atoms with Gasteiger partial charge < -0.3 is 5.32 Å². The Morgan fingerprint density at radius 3 is 2.60 bits per heavy atom. The second kappa shape index (κ2) is 7.75. The third-order valence-electron chi connectivity index (χ3n) is 4.60. The predicted octanol–water partition coefficient (Wildman–Crippen LogP) is 3.82. The van der Waals surface area contributed by atoms with Gasteiger partial charge in [-0.1, -0.05) is 18.2 Å². The maximum atomic E-state index is 13.5. The van der Waals surface area contributed by atoms with E-state index in [2.05, 4.69) is 15.4 Å². The number of amides is 1. The number of rotatable bonds is 4. The van der Waals surface area contributed by atoms with E-state index in [-0.39, 0.29) is 17.9 Å². The molecule has 0 fully saturated rings. The van der Waals surface area contributed by atoms with Crippen molar-refractivity contribution in [2.45, 2.75) is 13.3 Å². The molecule has 0 aliphatic heterocycles. The minimum Gasteiger partial charge on any atom is -0.302 e. The minimum absolute atomic E-state index is 0.0478. The van der Waals surface area contributed by atoms with Crippen LogP contribution in [0, 0.1) is 18.6 Å². The predicted molar refractivity (Wildman–Crippen MR) is 112 cm³/mol. The van der Waals surface area contributed by atoms with Crippen LogP contribution in [0.4, 0.5) is 13.9 Å². The third-order valence-corrected chi connectivity index (χ3v) is 5.48. The van der Waals surface area contributed by atoms with Crippen LogP contribution in [0.15, 0.2) is 47.3 Å². The maximum Gasteiger partial charge on any atom is 0.274 e. The van der Waals surface area contributed by atoms with Gasteiger partial charge in [0.1, 0.15) is 0 Å². The molecule has 152 valence electrons. The molecule has 4 aromatic rings. The van der Waals surface area contributed by atoms with Crippen molar-refractivity contribution in [3.63, 3.8) is 0 Å². The topological polar surface area (TPSA) is 76.9 Å². The second-order valence-corrected chi connectivity index (χ2v) is 7.90. The van der Waals surface area contributed by atoms with Crippen molar-refractivity contribution < 1.29 is 13.6 Å². The molecule has 0 bridgehead atoms. The maximum absolute atomic E-state index is 13.5. The Labute approximate surface area is 173 Å². The van der Waals surface area contributed by atoms with Gasteiger partial charge in [-0.3, -0.25) is 9.59 Å². The van der Waals surface area contributed by atoms with Crippen molar-refractivity contribution in [1.29, 1.82) is 0 Å². The lowest BCUT2D eigenvalue weighted by atomic mass is 10.1. The highest BCUT2D eigenvalue weighted by atomic mass is 32.1. The molecule has 1 amide bonds. The summed E-state index contributed by atoms with van der Waals surface area (Å²) < 4.78 is 27.9. The molecule has 0 spiro atoms. The Bertz CT molecular complexity index is 1350. The number of fused-ring (bicyclic) bond motifs is 1. The standard InChI is InChI=1S/C21H16F2N4O2S/c1-11-19(12-7-8-15(22)16(23)9-12)25-21(30-11)24-18(28)10-17-13-5-3-4-6-14(13)20(29)27(2)26-17/h3-9H,10H2,1-2H3,(H,24,25,28). The normalized spacial score (nSPS) is 11.1. The van der Waals surface area contributed by atoms with Crippen molar-refractivity contribution in [2.24, 2.45) is 7.05 Å². The smallest absolute Gasteiger partial charge is 0.274 e. The zero-order valence-corrected chi connectivity index (χ0v) is 16.9. The van der Waals surface area contributed by atoms with E-state index < -0.39 is 11.6 Å². The van der Waals surface area contributed by atoms with E-state index in [0.29, 0.717) is 32.9 Å². The van der Waals surface area contributed by atoms with Gasteiger partial charge in [0, 0.05) is 22.9 Å². The molecule has 0 aliphatic rings. The average molecular weight is 426 g/mol. The summed E-state index contributed by atoms with van der Waals surface area (Å²) in [4.78, 5) is 29.9. The van der Waals surface area contributed by atoms with Crippen molar-refractivity contribution in [3.05, 3.63) is 75.0 Å². The molecular weight excluding hydrogens is 410 g/mol. The Morgan fingerprint density at radius 1 is 1.13 bits per heavy atom. The van der Waals surface area contributed by atoms with E-state index in [9.17, 15) is 18.4 Å². The van der Waals surface area contributed by atoms with Crippen molar-refractivity contribution in [1.82, 2.24) is 14.8 Å². The van der Waals surface area contributed by atoms with E-state index >= 15 is 0 Å². The van der Waals surface area contributed by atoms with E-state index in [4.69, 9.17) is 0 Å². The molecule has 0 radical (unpaired) electrons. The Hall–Kier alpha value is -3.46. The number of halogens is 2. The molecule has 30 heavy (non-hydrogen) atoms. The molecule has 2 aromatic heterocycles. The SMILES string of the molecule is Cc1sc(NC(=O)Cc2nn(C)c(=O)c3ccccc23)nc1-c1ccc(F)c(F)c1. The summed E-state index contributed by atoms with van der Waals surface area (Å²) in [6.45, 7) is 1.78. The van der Waals surface area contributed by atoms with Crippen molar-refractivity contribution in [2.75, 3.05) is 5.32 Å². The first-order valence-electron chi connectivity index (χ1n) is 9.01. The molecule has 9 heteroatoms. The number of nitrogens with zero attached hydrogens (tertiary/aromatic N) is 3. The number of hydrogen-bond donors (Lipinski definition) is 1. The summed E-state index contributed by atoms with van der Waals surface area (Å²) >= 11 is 1.23. The molecule has 0 atom stereocenters. The number of aromatic nitrogens is 3. The number of carbonyl (C=O) groups is 1. The van der Waals surface area contributed by atoms with Crippen LogP contribution in [0.1, 0.15) is 10.6 Å². The van der Waals surface area contributed by atoms with Gasteiger partial charge in [-0.05, 0) is 31.2 Å². The van der Waals surface area contributed by atoms with E-state index in [0.717, 1.165) is 17.0 Å². The highest BCUT2D eigenvalue weighted by Crippen LogP contribution is 2.31. The van der Waals surface area contributed by atoms with Crippen LogP contribution in [0.25, 0.3) is 22.0 Å². The van der Waals surface area contributed by atoms with Crippen molar-refractivity contribution in [3.8, 4) is 11.3 Å². The molecule has 4 rings (SSSR count). The molecule has 0 saturated carbocycles. The molecule has 1 N–H and O–H groups in total. The molecule has 0 unspecified atom stereocenters. The number of nitrogens with one attached hydrogen (secondary N) is 1. The van der Waals surface area contributed by atoms with E-state index in [1.165, 1.54) is 29.1 Å². The molecule has 0 saturated heterocycles. The van der Waals surface area contributed by atoms with Gasteiger partial charge in [0.25, 0.3) is 5.56 Å². The highest BCUT2D eigenvalue weighted by Gasteiger charge is 2.16. The molecule has 2 heterocycles. The average Bonchev–Trinajstić information content (AvgIpc) is 3.08. The lowest BCUT2D eigenvalue weighted by Gasteiger charge is -2.07. The summed E-state index contributed by atoms with van der Waals surface area (Å²) in [5, 5.41) is 8.39. The lowest BCUT2D eigenvalue weighted by Crippen LogP contribution is -2.24. The van der Waals surface area contributed by atoms with Gasteiger partial charge in [-0.15, -0.1) is 11.3 Å². The lowest BCUT2D eigenvalue weighted by molar-refractivity contribution is -0.115. The number of aryl methyl sites for hydroxylation is 2. The molecule has 2 aromatic carbocycles. The van der Waals surface area contributed by atoms with Crippen molar-refractivity contribution >= 4 is 33.1 Å². The fourth-order valence-corrected chi connectivity index (χ4v) is 4.04. The highest BCUT2D eigenvalue weighted by molar-refractivity contribution is 7.16. The van der Waals surface area contributed by atoms with Crippen LogP contribution in [-0.2, 0) is 18.3 Å². The monoisotopic (exact) mass is 426 g/mol. The fourth-order valence-electron chi connectivity index (χ4n) is 3.18. The summed E-state index contributed by atoms with van der Waals surface area (Å²) in [6, 6.07) is 10.5. The van der Waals surface area contributed by atoms with E-state index in [1.54, 1.807) is 31.2 Å². The Morgan fingerprint density at radius 2 is 1.87 bits per heavy atom. The van der Waals surface area contributed by atoms with Crippen LogP contribution in [0.2, 0.25) is 0 Å². The van der Waals surface area contributed by atoms with Gasteiger partial charge in [0.2, 0.25) is 5.91 Å². The van der Waals surface area contributed by atoms with Gasteiger partial charge >= 0.3 is 0 Å². The zero-order valence-electron chi connectivity index (χ0n) is 16.1. The molecule has 0 aliphatic carbocycles. The second-order valence-electron chi connectivity index (χ2n) is 6.70. The number of anilines is 1. The van der Waals surface area contributed by atoms with Gasteiger partial charge in [0.15, 0.2) is 16.8 Å². The third kappa shape index (κ3) is 3.71. The first-order valence-corrected chi connectivity index (χ1v) is 9.83. The number of thiazole rings is 1. The molecule has 6 nitrogen and oxygen atoms in total. The Balaban J connectivity index is 1.59. The number of carbonyl (C=O) groups excluding carboxylic acids is 1. The van der Waals surface area contributed by atoms with E-state index in [1.807, 2.05) is 0 Å². The fraction of sp³-hybridized carbons (Fsp3) is 0.143. The minimum atomic E-state index is -0.960. The van der Waals surface area contributed by atoms with Gasteiger partial charge in [0.05, 0.1) is 23.2 Å². The quantitative estimate of drug-likeness (QED) is 0.538. The first-order chi connectivity index (χ1) is 14.3. The first kappa shape index (κ1) is 19.8. The van der Waals surface area contributed by atoms with Crippen LogP contribution in [-0.4, -0.2) is 20.7 Å². The summed E-state index contributed by atoms with van der Waals surface area (Å²) in [5.41, 5.74) is 1.13. The van der Waals surface area contributed by atoms with Crippen LogP contribution in [0.5, 0.6) is 0 Å². The summed E-state index contributed by atoms with van der Waals surface area (Å²) in [5.74, 6) is -2.24. The van der Waals surface area contributed by atoms with Crippen LogP contribution >= 0.6 is 11.3 Å². The number of benzene rings is 2. The Kier molecular flexibility index (Phi) is 5.13. The summed E-state index contributed by atoms with van der Waals surface area (Å²) in [7, 11) is 1.54. The summed E-state index contributed by atoms with van der Waals surface area (Å²) in [6.07, 6.45) is -0.0478.